The maximum absolute atomic E-state index is 5.41. The molecule has 1 aromatic heterocycles. The van der Waals surface area contributed by atoms with Gasteiger partial charge in [-0.2, -0.15) is 5.10 Å². The largest absolute Gasteiger partial charge is 0.496 e. The van der Waals surface area contributed by atoms with E-state index in [1.807, 2.05) is 23.0 Å². The van der Waals surface area contributed by atoms with Crippen LogP contribution < -0.4 is 15.4 Å². The van der Waals surface area contributed by atoms with Gasteiger partial charge in [0.05, 0.1) is 13.7 Å². The van der Waals surface area contributed by atoms with Crippen molar-refractivity contribution in [3.63, 3.8) is 0 Å². The number of guanidine groups is 1. The Bertz CT molecular complexity index is 613. The number of nitrogens with zero attached hydrogens (tertiary/aromatic N) is 3. The third kappa shape index (κ3) is 6.09. The van der Waals surface area contributed by atoms with Crippen molar-refractivity contribution in [3.05, 3.63) is 47.8 Å². The second-order valence-electron chi connectivity index (χ2n) is 4.94. The molecule has 0 amide bonds. The smallest absolute Gasteiger partial charge is 0.191 e. The fraction of sp³-hybridized carbons (Fsp3) is 0.375. The molecule has 1 heterocycles. The molecular formula is C16H24IN5O. The summed E-state index contributed by atoms with van der Waals surface area (Å²) in [5.74, 6) is 1.65. The Labute approximate surface area is 154 Å². The van der Waals surface area contributed by atoms with E-state index in [1.165, 1.54) is 5.56 Å². The SMILES string of the molecule is CN=C(NCCn1cccn1)NCc1ccc(C)cc1OC.I. The molecule has 0 unspecified atom stereocenters. The van der Waals surface area contributed by atoms with Crippen LogP contribution in [-0.2, 0) is 13.1 Å². The number of aryl methyl sites for hydroxylation is 1. The number of rotatable bonds is 6. The van der Waals surface area contributed by atoms with Crippen molar-refractivity contribution in [1.29, 1.82) is 0 Å². The molecule has 1 aromatic carbocycles. The third-order valence-electron chi connectivity index (χ3n) is 3.31. The van der Waals surface area contributed by atoms with Gasteiger partial charge in [0.1, 0.15) is 5.75 Å². The van der Waals surface area contributed by atoms with Crippen molar-refractivity contribution < 1.29 is 4.74 Å². The maximum Gasteiger partial charge on any atom is 0.191 e. The van der Waals surface area contributed by atoms with Crippen LogP contribution in [-0.4, -0.2) is 36.4 Å². The van der Waals surface area contributed by atoms with Crippen molar-refractivity contribution in [1.82, 2.24) is 20.4 Å². The number of ether oxygens (including phenoxy) is 1. The summed E-state index contributed by atoms with van der Waals surface area (Å²) in [6, 6.07) is 8.09. The van der Waals surface area contributed by atoms with E-state index >= 15 is 0 Å². The Morgan fingerprint density at radius 1 is 1.35 bits per heavy atom. The number of hydrogen-bond donors (Lipinski definition) is 2. The molecule has 0 aliphatic rings. The number of aliphatic imine (C=N–C) groups is 1. The van der Waals surface area contributed by atoms with E-state index in [9.17, 15) is 0 Å². The van der Waals surface area contributed by atoms with E-state index in [0.717, 1.165) is 30.4 Å². The quantitative estimate of drug-likeness (QED) is 0.420. The molecule has 0 saturated heterocycles. The van der Waals surface area contributed by atoms with Crippen LogP contribution in [0.15, 0.2) is 41.7 Å². The summed E-state index contributed by atoms with van der Waals surface area (Å²) in [4.78, 5) is 4.22. The Hall–Kier alpha value is -1.77. The molecule has 0 atom stereocenters. The first-order chi connectivity index (χ1) is 10.7. The first-order valence-electron chi connectivity index (χ1n) is 7.28. The molecule has 0 aliphatic carbocycles. The van der Waals surface area contributed by atoms with Crippen molar-refractivity contribution >= 4 is 29.9 Å². The third-order valence-corrected chi connectivity index (χ3v) is 3.31. The lowest BCUT2D eigenvalue weighted by Crippen LogP contribution is -2.38. The maximum atomic E-state index is 5.41. The van der Waals surface area contributed by atoms with Gasteiger partial charge in [0.2, 0.25) is 0 Å². The number of hydrogen-bond acceptors (Lipinski definition) is 3. The van der Waals surface area contributed by atoms with E-state index in [-0.39, 0.29) is 24.0 Å². The molecule has 0 aliphatic heterocycles. The fourth-order valence-electron chi connectivity index (χ4n) is 2.12. The van der Waals surface area contributed by atoms with Crippen molar-refractivity contribution in [2.24, 2.45) is 4.99 Å². The molecule has 2 aromatic rings. The van der Waals surface area contributed by atoms with Gasteiger partial charge in [-0.05, 0) is 24.6 Å². The summed E-state index contributed by atoms with van der Waals surface area (Å²) >= 11 is 0. The van der Waals surface area contributed by atoms with E-state index in [0.29, 0.717) is 6.54 Å². The van der Waals surface area contributed by atoms with Gasteiger partial charge in [-0.1, -0.05) is 12.1 Å². The minimum Gasteiger partial charge on any atom is -0.496 e. The number of benzene rings is 1. The number of aromatic nitrogens is 2. The summed E-state index contributed by atoms with van der Waals surface area (Å²) in [5.41, 5.74) is 2.28. The van der Waals surface area contributed by atoms with Crippen LogP contribution in [0.1, 0.15) is 11.1 Å². The molecular weight excluding hydrogens is 405 g/mol. The van der Waals surface area contributed by atoms with Crippen LogP contribution in [0, 0.1) is 6.92 Å². The highest BCUT2D eigenvalue weighted by Gasteiger charge is 2.04. The van der Waals surface area contributed by atoms with Gasteiger partial charge < -0.3 is 15.4 Å². The Kier molecular flexibility index (Phi) is 8.46. The van der Waals surface area contributed by atoms with Gasteiger partial charge in [-0.3, -0.25) is 9.67 Å². The van der Waals surface area contributed by atoms with Gasteiger partial charge in [-0.25, -0.2) is 0 Å². The summed E-state index contributed by atoms with van der Waals surface area (Å²) in [5, 5.41) is 10.7. The molecule has 0 fully saturated rings. The van der Waals surface area contributed by atoms with E-state index < -0.39 is 0 Å². The molecule has 2 N–H and O–H groups in total. The fourth-order valence-corrected chi connectivity index (χ4v) is 2.12. The zero-order chi connectivity index (χ0) is 15.8. The van der Waals surface area contributed by atoms with Crippen LogP contribution in [0.2, 0.25) is 0 Å². The molecule has 23 heavy (non-hydrogen) atoms. The Morgan fingerprint density at radius 3 is 2.83 bits per heavy atom. The van der Waals surface area contributed by atoms with Crippen LogP contribution in [0.4, 0.5) is 0 Å². The summed E-state index contributed by atoms with van der Waals surface area (Å²) in [6.07, 6.45) is 3.71. The molecule has 6 nitrogen and oxygen atoms in total. The lowest BCUT2D eigenvalue weighted by atomic mass is 10.1. The molecule has 0 spiro atoms. The van der Waals surface area contributed by atoms with Crippen molar-refractivity contribution in [3.8, 4) is 5.75 Å². The highest BCUT2D eigenvalue weighted by Crippen LogP contribution is 2.19. The number of halogens is 1. The minimum atomic E-state index is 0. The first kappa shape index (κ1) is 19.3. The van der Waals surface area contributed by atoms with E-state index in [1.54, 1.807) is 20.4 Å². The molecule has 2 rings (SSSR count). The average Bonchev–Trinajstić information content (AvgIpc) is 3.04. The normalized spacial score (nSPS) is 10.8. The molecule has 0 bridgehead atoms. The van der Waals surface area contributed by atoms with Gasteiger partial charge >= 0.3 is 0 Å². The predicted octanol–water partition coefficient (Wildman–Crippen LogP) is 2.18. The van der Waals surface area contributed by atoms with Crippen LogP contribution in [0.3, 0.4) is 0 Å². The minimum absolute atomic E-state index is 0. The van der Waals surface area contributed by atoms with Crippen molar-refractivity contribution in [2.75, 3.05) is 20.7 Å². The van der Waals surface area contributed by atoms with Gasteiger partial charge in [-0.15, -0.1) is 24.0 Å². The topological polar surface area (TPSA) is 63.5 Å². The second-order valence-corrected chi connectivity index (χ2v) is 4.94. The second kappa shape index (κ2) is 10.1. The summed E-state index contributed by atoms with van der Waals surface area (Å²) in [7, 11) is 3.45. The van der Waals surface area contributed by atoms with Crippen LogP contribution >= 0.6 is 24.0 Å². The molecule has 0 saturated carbocycles. The molecule has 7 heteroatoms. The molecule has 126 valence electrons. The first-order valence-corrected chi connectivity index (χ1v) is 7.28. The molecule has 0 radical (unpaired) electrons. The van der Waals surface area contributed by atoms with Crippen molar-refractivity contribution in [2.45, 2.75) is 20.0 Å². The predicted molar refractivity (Wildman–Crippen MR) is 104 cm³/mol. The lowest BCUT2D eigenvalue weighted by Gasteiger charge is -2.14. The van der Waals surface area contributed by atoms with Gasteiger partial charge in [0.25, 0.3) is 0 Å². The van der Waals surface area contributed by atoms with Crippen LogP contribution in [0.25, 0.3) is 0 Å². The highest BCUT2D eigenvalue weighted by molar-refractivity contribution is 14.0. The summed E-state index contributed by atoms with van der Waals surface area (Å²) in [6.45, 7) is 4.26. The van der Waals surface area contributed by atoms with Crippen LogP contribution in [0.5, 0.6) is 5.75 Å². The average molecular weight is 429 g/mol. The monoisotopic (exact) mass is 429 g/mol. The zero-order valence-electron chi connectivity index (χ0n) is 13.7. The number of nitrogens with one attached hydrogen (secondary N) is 2. The van der Waals surface area contributed by atoms with Gasteiger partial charge in [0.15, 0.2) is 5.96 Å². The zero-order valence-corrected chi connectivity index (χ0v) is 16.1. The summed E-state index contributed by atoms with van der Waals surface area (Å²) < 4.78 is 7.29. The van der Waals surface area contributed by atoms with E-state index in [2.05, 4.69) is 39.8 Å². The Morgan fingerprint density at radius 2 is 2.17 bits per heavy atom. The number of methoxy groups -OCH3 is 1. The standard InChI is InChI=1S/C16H23N5O.HI/c1-13-5-6-14(15(11-13)22-3)12-19-16(17-2)18-8-10-21-9-4-7-20-21;/h4-7,9,11H,8,10,12H2,1-3H3,(H2,17,18,19);1H. The van der Waals surface area contributed by atoms with E-state index in [4.69, 9.17) is 4.74 Å². The lowest BCUT2D eigenvalue weighted by molar-refractivity contribution is 0.408. The van der Waals surface area contributed by atoms with Gasteiger partial charge in [0, 0.05) is 38.1 Å². The Balaban J connectivity index is 0.00000264. The highest BCUT2D eigenvalue weighted by atomic mass is 127.